The van der Waals surface area contributed by atoms with E-state index in [0.717, 1.165) is 5.69 Å². The number of hydrogen-bond acceptors (Lipinski definition) is 3. The number of amides is 1. The van der Waals surface area contributed by atoms with Crippen LogP contribution >= 0.6 is 12.2 Å². The van der Waals surface area contributed by atoms with E-state index >= 15 is 0 Å². The van der Waals surface area contributed by atoms with Crippen LogP contribution in [0.25, 0.3) is 0 Å². The number of nitrogens with one attached hydrogen (secondary N) is 1. The van der Waals surface area contributed by atoms with Crippen LogP contribution in [0.3, 0.4) is 0 Å². The van der Waals surface area contributed by atoms with E-state index in [1.165, 1.54) is 0 Å². The molecule has 2 rings (SSSR count). The predicted octanol–water partition coefficient (Wildman–Crippen LogP) is 1.69. The maximum Gasteiger partial charge on any atom is 0.251 e. The van der Waals surface area contributed by atoms with Crippen LogP contribution in [0.2, 0.25) is 0 Å². The Morgan fingerprint density at radius 1 is 1.20 bits per heavy atom. The quantitative estimate of drug-likeness (QED) is 0.820. The third kappa shape index (κ3) is 3.86. The molecule has 1 aromatic carbocycles. The van der Waals surface area contributed by atoms with E-state index in [9.17, 15) is 4.79 Å². The highest BCUT2D eigenvalue weighted by molar-refractivity contribution is 7.80. The van der Waals surface area contributed by atoms with Gasteiger partial charge in [0.2, 0.25) is 0 Å². The van der Waals surface area contributed by atoms with Gasteiger partial charge in [-0.2, -0.15) is 0 Å². The Labute approximate surface area is 123 Å². The maximum atomic E-state index is 12.0. The average molecular weight is 285 g/mol. The molecule has 0 bridgehead atoms. The lowest BCUT2D eigenvalue weighted by atomic mass is 10.1. The average Bonchev–Trinajstić information content (AvgIpc) is 2.48. The summed E-state index contributed by atoms with van der Waals surface area (Å²) < 4.78 is 0. The van der Waals surface area contributed by atoms with Gasteiger partial charge >= 0.3 is 0 Å². The summed E-state index contributed by atoms with van der Waals surface area (Å²) in [6.07, 6.45) is 2.43. The van der Waals surface area contributed by atoms with Gasteiger partial charge < -0.3 is 11.1 Å². The van der Waals surface area contributed by atoms with Crippen molar-refractivity contribution in [3.8, 4) is 0 Å². The summed E-state index contributed by atoms with van der Waals surface area (Å²) in [5.74, 6) is -0.140. The van der Waals surface area contributed by atoms with E-state index < -0.39 is 0 Å². The van der Waals surface area contributed by atoms with Crippen LogP contribution < -0.4 is 11.1 Å². The minimum absolute atomic E-state index is 0.140. The number of hydrogen-bond donors (Lipinski definition) is 2. The summed E-state index contributed by atoms with van der Waals surface area (Å²) in [6, 6.07) is 12.7. The number of nitrogens with zero attached hydrogens (tertiary/aromatic N) is 1. The van der Waals surface area contributed by atoms with Crippen molar-refractivity contribution in [1.29, 1.82) is 0 Å². The van der Waals surface area contributed by atoms with Gasteiger partial charge in [-0.05, 0) is 24.3 Å². The van der Waals surface area contributed by atoms with E-state index in [1.807, 2.05) is 18.2 Å². The highest BCUT2D eigenvalue weighted by Crippen LogP contribution is 2.05. The van der Waals surface area contributed by atoms with E-state index in [2.05, 4.69) is 10.3 Å². The molecular weight excluding hydrogens is 270 g/mol. The molecule has 0 aliphatic heterocycles. The van der Waals surface area contributed by atoms with Crippen LogP contribution in [0.5, 0.6) is 0 Å². The zero-order valence-corrected chi connectivity index (χ0v) is 11.7. The number of benzene rings is 1. The molecule has 5 heteroatoms. The molecule has 4 nitrogen and oxygen atoms in total. The van der Waals surface area contributed by atoms with Crippen molar-refractivity contribution in [2.24, 2.45) is 5.73 Å². The Bertz CT molecular complexity index is 614. The molecule has 0 aliphatic rings. The summed E-state index contributed by atoms with van der Waals surface area (Å²) in [6.45, 7) is 0.535. The Balaban J connectivity index is 1.92. The van der Waals surface area contributed by atoms with Crippen molar-refractivity contribution in [3.05, 3.63) is 65.5 Å². The van der Waals surface area contributed by atoms with Crippen LogP contribution in [-0.2, 0) is 6.42 Å². The fourth-order valence-electron chi connectivity index (χ4n) is 1.77. The molecule has 0 saturated carbocycles. The summed E-state index contributed by atoms with van der Waals surface area (Å²) in [5, 5.41) is 2.85. The fourth-order valence-corrected chi connectivity index (χ4v) is 1.89. The number of rotatable bonds is 5. The lowest BCUT2D eigenvalue weighted by Crippen LogP contribution is -2.26. The van der Waals surface area contributed by atoms with E-state index in [1.54, 1.807) is 30.5 Å². The largest absolute Gasteiger partial charge is 0.389 e. The van der Waals surface area contributed by atoms with Crippen molar-refractivity contribution in [2.75, 3.05) is 6.54 Å². The topological polar surface area (TPSA) is 68.0 Å². The fraction of sp³-hybridized carbons (Fsp3) is 0.133. The van der Waals surface area contributed by atoms with E-state index in [-0.39, 0.29) is 10.9 Å². The zero-order valence-electron chi connectivity index (χ0n) is 10.9. The SMILES string of the molecule is NC(=S)c1cccc(C(=O)NCCc2ccccn2)c1. The number of thiocarbonyl (C=S) groups is 1. The van der Waals surface area contributed by atoms with Gasteiger partial charge in [-0.25, -0.2) is 0 Å². The molecule has 2 aromatic rings. The van der Waals surface area contributed by atoms with Crippen molar-refractivity contribution < 1.29 is 4.79 Å². The van der Waals surface area contributed by atoms with Crippen LogP contribution in [0, 0.1) is 0 Å². The lowest BCUT2D eigenvalue weighted by molar-refractivity contribution is 0.0954. The van der Waals surface area contributed by atoms with Crippen LogP contribution in [0.15, 0.2) is 48.7 Å². The molecule has 3 N–H and O–H groups in total. The van der Waals surface area contributed by atoms with Crippen molar-refractivity contribution >= 4 is 23.1 Å². The van der Waals surface area contributed by atoms with Gasteiger partial charge in [0.05, 0.1) is 0 Å². The molecular formula is C15H15N3OS. The van der Waals surface area contributed by atoms with Gasteiger partial charge in [0, 0.05) is 36.0 Å². The van der Waals surface area contributed by atoms with Crippen molar-refractivity contribution in [2.45, 2.75) is 6.42 Å². The molecule has 102 valence electrons. The number of aromatic nitrogens is 1. The smallest absolute Gasteiger partial charge is 0.251 e. The Kier molecular flexibility index (Phi) is 4.79. The third-order valence-electron chi connectivity index (χ3n) is 2.80. The molecule has 0 saturated heterocycles. The van der Waals surface area contributed by atoms with E-state index in [0.29, 0.717) is 24.1 Å². The first-order chi connectivity index (χ1) is 9.66. The third-order valence-corrected chi connectivity index (χ3v) is 3.04. The van der Waals surface area contributed by atoms with Gasteiger partial charge in [-0.1, -0.05) is 30.4 Å². The number of carbonyl (C=O) groups is 1. The summed E-state index contributed by atoms with van der Waals surface area (Å²) in [5.41, 5.74) is 7.74. The maximum absolute atomic E-state index is 12.0. The lowest BCUT2D eigenvalue weighted by Gasteiger charge is -2.06. The monoisotopic (exact) mass is 285 g/mol. The Morgan fingerprint density at radius 2 is 2.00 bits per heavy atom. The second kappa shape index (κ2) is 6.77. The first kappa shape index (κ1) is 14.1. The van der Waals surface area contributed by atoms with Gasteiger partial charge in [0.15, 0.2) is 0 Å². The minimum Gasteiger partial charge on any atom is -0.389 e. The summed E-state index contributed by atoms with van der Waals surface area (Å²) in [7, 11) is 0. The van der Waals surface area contributed by atoms with Crippen LogP contribution in [0.1, 0.15) is 21.6 Å². The molecule has 0 aliphatic carbocycles. The Morgan fingerprint density at radius 3 is 2.70 bits per heavy atom. The van der Waals surface area contributed by atoms with Crippen LogP contribution in [-0.4, -0.2) is 22.4 Å². The second-order valence-corrected chi connectivity index (χ2v) is 4.71. The molecule has 0 radical (unpaired) electrons. The molecule has 0 unspecified atom stereocenters. The standard InChI is InChI=1S/C15H15N3OS/c16-14(20)11-4-3-5-12(10-11)15(19)18-9-7-13-6-1-2-8-17-13/h1-6,8,10H,7,9H2,(H2,16,20)(H,18,19). The second-order valence-electron chi connectivity index (χ2n) is 4.27. The number of nitrogens with two attached hydrogens (primary N) is 1. The van der Waals surface area contributed by atoms with Crippen molar-refractivity contribution in [3.63, 3.8) is 0 Å². The molecule has 1 aromatic heterocycles. The highest BCUT2D eigenvalue weighted by Gasteiger charge is 2.06. The molecule has 1 heterocycles. The van der Waals surface area contributed by atoms with Crippen LogP contribution in [0.4, 0.5) is 0 Å². The first-order valence-corrected chi connectivity index (χ1v) is 6.65. The summed E-state index contributed by atoms with van der Waals surface area (Å²) in [4.78, 5) is 16.5. The minimum atomic E-state index is -0.140. The number of carbonyl (C=O) groups excluding carboxylic acids is 1. The first-order valence-electron chi connectivity index (χ1n) is 6.25. The molecule has 1 amide bonds. The molecule has 0 atom stereocenters. The molecule has 0 fully saturated rings. The van der Waals surface area contributed by atoms with Gasteiger partial charge in [0.1, 0.15) is 4.99 Å². The molecule has 0 spiro atoms. The summed E-state index contributed by atoms with van der Waals surface area (Å²) >= 11 is 4.90. The number of pyridine rings is 1. The van der Waals surface area contributed by atoms with Gasteiger partial charge in [0.25, 0.3) is 5.91 Å². The predicted molar refractivity (Wildman–Crippen MR) is 82.6 cm³/mol. The van der Waals surface area contributed by atoms with Crippen molar-refractivity contribution in [1.82, 2.24) is 10.3 Å². The highest BCUT2D eigenvalue weighted by atomic mass is 32.1. The van der Waals surface area contributed by atoms with Gasteiger partial charge in [-0.3, -0.25) is 9.78 Å². The normalized spacial score (nSPS) is 10.0. The Hall–Kier alpha value is -2.27. The zero-order chi connectivity index (χ0) is 14.4. The molecule has 20 heavy (non-hydrogen) atoms. The van der Waals surface area contributed by atoms with E-state index in [4.69, 9.17) is 18.0 Å². The van der Waals surface area contributed by atoms with Gasteiger partial charge in [-0.15, -0.1) is 0 Å².